The number of benzene rings is 1. The van der Waals surface area contributed by atoms with Crippen LogP contribution in [0.15, 0.2) is 18.2 Å². The van der Waals surface area contributed by atoms with Crippen molar-refractivity contribution >= 4 is 17.3 Å². The van der Waals surface area contributed by atoms with Gasteiger partial charge >= 0.3 is 5.97 Å². The number of ether oxygens (including phenoxy) is 1. The molecule has 0 aliphatic heterocycles. The number of carbonyl (C=O) groups excluding carboxylic acids is 1. The van der Waals surface area contributed by atoms with Crippen LogP contribution >= 0.6 is 0 Å². The van der Waals surface area contributed by atoms with Crippen LogP contribution in [0.1, 0.15) is 31.1 Å². The van der Waals surface area contributed by atoms with E-state index in [2.05, 4.69) is 35.7 Å². The average molecular weight is 279 g/mol. The minimum absolute atomic E-state index is 0.279. The Morgan fingerprint density at radius 3 is 2.55 bits per heavy atom. The van der Waals surface area contributed by atoms with E-state index in [0.717, 1.165) is 25.3 Å². The minimum atomic E-state index is -0.376. The van der Waals surface area contributed by atoms with Crippen molar-refractivity contribution in [3.63, 3.8) is 0 Å². The maximum atomic E-state index is 11.4. The Morgan fingerprint density at radius 2 is 2.05 bits per heavy atom. The normalized spacial score (nSPS) is 12.2. The Bertz CT molecular complexity index is 445. The van der Waals surface area contributed by atoms with E-state index in [0.29, 0.717) is 11.3 Å². The molecule has 1 unspecified atom stereocenters. The van der Waals surface area contributed by atoms with Gasteiger partial charge in [0.2, 0.25) is 0 Å². The number of nitrogens with zero attached hydrogens (tertiary/aromatic N) is 1. The summed E-state index contributed by atoms with van der Waals surface area (Å²) in [6.45, 7) is 9.42. The summed E-state index contributed by atoms with van der Waals surface area (Å²) < 4.78 is 4.67. The predicted octanol–water partition coefficient (Wildman–Crippen LogP) is 2.20. The zero-order valence-corrected chi connectivity index (χ0v) is 12.8. The zero-order valence-electron chi connectivity index (χ0n) is 12.8. The van der Waals surface area contributed by atoms with Crippen LogP contribution < -0.4 is 11.1 Å². The molecule has 0 radical (unpaired) electrons. The number of likely N-dealkylation sites (N-methyl/N-ethyl adjacent to an activating group) is 1. The summed E-state index contributed by atoms with van der Waals surface area (Å²) in [6, 6.07) is 5.45. The number of carbonyl (C=O) groups is 1. The van der Waals surface area contributed by atoms with Crippen molar-refractivity contribution in [1.82, 2.24) is 4.90 Å². The number of methoxy groups -OCH3 is 1. The molecule has 5 heteroatoms. The van der Waals surface area contributed by atoms with Crippen LogP contribution in [0.25, 0.3) is 0 Å². The lowest BCUT2D eigenvalue weighted by atomic mass is 10.1. The lowest BCUT2D eigenvalue weighted by Crippen LogP contribution is -2.34. The number of rotatable bonds is 7. The Hall–Kier alpha value is -1.75. The molecule has 0 heterocycles. The third kappa shape index (κ3) is 4.42. The Kier molecular flexibility index (Phi) is 6.31. The van der Waals surface area contributed by atoms with Crippen LogP contribution in [0.3, 0.4) is 0 Å². The summed E-state index contributed by atoms with van der Waals surface area (Å²) in [7, 11) is 1.36. The molecule has 1 aromatic rings. The molecule has 3 N–H and O–H groups in total. The Morgan fingerprint density at radius 1 is 1.40 bits per heavy atom. The first kappa shape index (κ1) is 16.3. The van der Waals surface area contributed by atoms with Gasteiger partial charge in [-0.25, -0.2) is 4.79 Å². The molecule has 0 bridgehead atoms. The van der Waals surface area contributed by atoms with E-state index in [9.17, 15) is 4.79 Å². The fourth-order valence-corrected chi connectivity index (χ4v) is 2.12. The van der Waals surface area contributed by atoms with Crippen LogP contribution in [0.5, 0.6) is 0 Å². The van der Waals surface area contributed by atoms with Gasteiger partial charge < -0.3 is 20.7 Å². The van der Waals surface area contributed by atoms with Gasteiger partial charge in [0.1, 0.15) is 0 Å². The summed E-state index contributed by atoms with van der Waals surface area (Å²) in [5, 5.41) is 3.37. The fourth-order valence-electron chi connectivity index (χ4n) is 2.12. The highest BCUT2D eigenvalue weighted by atomic mass is 16.5. The molecule has 0 spiro atoms. The first-order chi connectivity index (χ1) is 9.51. The first-order valence-corrected chi connectivity index (χ1v) is 6.98. The van der Waals surface area contributed by atoms with E-state index in [4.69, 9.17) is 5.73 Å². The number of nitrogens with two attached hydrogens (primary N) is 1. The summed E-state index contributed by atoms with van der Waals surface area (Å²) >= 11 is 0. The van der Waals surface area contributed by atoms with Crippen LogP contribution in [0.2, 0.25) is 0 Å². The SMILES string of the molecule is CCN(CC)CC(C)Nc1ccc(C(=O)OC)cc1N. The molecule has 1 atom stereocenters. The molecular formula is C15H25N3O2. The van der Waals surface area contributed by atoms with E-state index in [-0.39, 0.29) is 12.0 Å². The third-order valence-electron chi connectivity index (χ3n) is 3.30. The minimum Gasteiger partial charge on any atom is -0.465 e. The van der Waals surface area contributed by atoms with Crippen LogP contribution in [-0.2, 0) is 4.74 Å². The topological polar surface area (TPSA) is 67.6 Å². The number of esters is 1. The fraction of sp³-hybridized carbons (Fsp3) is 0.533. The number of nitrogens with one attached hydrogen (secondary N) is 1. The molecule has 1 rings (SSSR count). The Labute approximate surface area is 121 Å². The van der Waals surface area contributed by atoms with Crippen LogP contribution in [-0.4, -0.2) is 43.7 Å². The number of hydrogen-bond acceptors (Lipinski definition) is 5. The van der Waals surface area contributed by atoms with Gasteiger partial charge in [0, 0.05) is 12.6 Å². The number of hydrogen-bond donors (Lipinski definition) is 2. The van der Waals surface area contributed by atoms with Gasteiger partial charge in [-0.3, -0.25) is 0 Å². The first-order valence-electron chi connectivity index (χ1n) is 6.98. The Balaban J connectivity index is 2.71. The number of anilines is 2. The third-order valence-corrected chi connectivity index (χ3v) is 3.30. The summed E-state index contributed by atoms with van der Waals surface area (Å²) in [6.07, 6.45) is 0. The van der Waals surface area contributed by atoms with E-state index in [1.807, 2.05) is 6.07 Å². The van der Waals surface area contributed by atoms with E-state index < -0.39 is 0 Å². The van der Waals surface area contributed by atoms with Crippen LogP contribution in [0, 0.1) is 0 Å². The van der Waals surface area contributed by atoms with Gasteiger partial charge in [0.05, 0.1) is 24.0 Å². The maximum Gasteiger partial charge on any atom is 0.337 e. The van der Waals surface area contributed by atoms with Crippen LogP contribution in [0.4, 0.5) is 11.4 Å². The molecular weight excluding hydrogens is 254 g/mol. The van der Waals surface area contributed by atoms with Gasteiger partial charge in [-0.2, -0.15) is 0 Å². The quantitative estimate of drug-likeness (QED) is 0.591. The van der Waals surface area contributed by atoms with E-state index in [1.54, 1.807) is 12.1 Å². The molecule has 0 aromatic heterocycles. The summed E-state index contributed by atoms with van der Waals surface area (Å²) in [5.41, 5.74) is 7.84. The van der Waals surface area contributed by atoms with Crippen molar-refractivity contribution in [2.24, 2.45) is 0 Å². The molecule has 112 valence electrons. The second-order valence-corrected chi connectivity index (χ2v) is 4.82. The predicted molar refractivity (Wildman–Crippen MR) is 83.1 cm³/mol. The maximum absolute atomic E-state index is 11.4. The van der Waals surface area contributed by atoms with Gasteiger partial charge in [-0.1, -0.05) is 13.8 Å². The largest absolute Gasteiger partial charge is 0.465 e. The lowest BCUT2D eigenvalue weighted by molar-refractivity contribution is 0.0601. The number of nitrogen functional groups attached to an aromatic ring is 1. The van der Waals surface area contributed by atoms with Crippen molar-refractivity contribution < 1.29 is 9.53 Å². The van der Waals surface area contributed by atoms with Crippen molar-refractivity contribution in [1.29, 1.82) is 0 Å². The molecule has 0 aliphatic carbocycles. The smallest absolute Gasteiger partial charge is 0.337 e. The van der Waals surface area contributed by atoms with Crippen molar-refractivity contribution in [2.45, 2.75) is 26.8 Å². The van der Waals surface area contributed by atoms with Crippen molar-refractivity contribution in [3.8, 4) is 0 Å². The van der Waals surface area contributed by atoms with E-state index >= 15 is 0 Å². The average Bonchev–Trinajstić information content (AvgIpc) is 2.45. The second kappa shape index (κ2) is 7.75. The molecule has 0 saturated heterocycles. The zero-order chi connectivity index (χ0) is 15.1. The highest BCUT2D eigenvalue weighted by Gasteiger charge is 2.11. The molecule has 0 aliphatic rings. The summed E-state index contributed by atoms with van der Waals surface area (Å²) in [5.74, 6) is -0.376. The van der Waals surface area contributed by atoms with Gasteiger partial charge in [0.25, 0.3) is 0 Å². The molecule has 0 amide bonds. The van der Waals surface area contributed by atoms with Gasteiger partial charge in [-0.05, 0) is 38.2 Å². The monoisotopic (exact) mass is 279 g/mol. The lowest BCUT2D eigenvalue weighted by Gasteiger charge is -2.24. The molecule has 0 saturated carbocycles. The highest BCUT2D eigenvalue weighted by molar-refractivity contribution is 5.91. The standard InChI is InChI=1S/C15H25N3O2/c1-5-18(6-2)10-11(3)17-14-8-7-12(9-13(14)16)15(19)20-4/h7-9,11,17H,5-6,10,16H2,1-4H3. The molecule has 5 nitrogen and oxygen atoms in total. The summed E-state index contributed by atoms with van der Waals surface area (Å²) in [4.78, 5) is 13.8. The van der Waals surface area contributed by atoms with Crippen molar-refractivity contribution in [2.75, 3.05) is 37.8 Å². The van der Waals surface area contributed by atoms with E-state index in [1.165, 1.54) is 7.11 Å². The van der Waals surface area contributed by atoms with Crippen molar-refractivity contribution in [3.05, 3.63) is 23.8 Å². The van der Waals surface area contributed by atoms with Gasteiger partial charge in [0.15, 0.2) is 0 Å². The molecule has 1 aromatic carbocycles. The van der Waals surface area contributed by atoms with Gasteiger partial charge in [-0.15, -0.1) is 0 Å². The highest BCUT2D eigenvalue weighted by Crippen LogP contribution is 2.21. The molecule has 0 fully saturated rings. The second-order valence-electron chi connectivity index (χ2n) is 4.82. The molecule has 20 heavy (non-hydrogen) atoms.